The first kappa shape index (κ1) is 18.0. The van der Waals surface area contributed by atoms with E-state index in [-0.39, 0.29) is 23.7 Å². The van der Waals surface area contributed by atoms with Crippen LogP contribution in [0.25, 0.3) is 0 Å². The van der Waals surface area contributed by atoms with Crippen molar-refractivity contribution in [1.29, 1.82) is 0 Å². The average Bonchev–Trinajstić information content (AvgIpc) is 3.09. The second kappa shape index (κ2) is 8.52. The molecule has 0 bridgehead atoms. The Labute approximate surface area is 143 Å². The molecule has 25 heavy (non-hydrogen) atoms. The fourth-order valence-electron chi connectivity index (χ4n) is 2.06. The second-order valence-corrected chi connectivity index (χ2v) is 4.83. The zero-order valence-electron chi connectivity index (χ0n) is 13.9. The fourth-order valence-corrected chi connectivity index (χ4v) is 2.06. The molecule has 0 aliphatic carbocycles. The smallest absolute Gasteiger partial charge is 0.319 e. The van der Waals surface area contributed by atoms with E-state index in [1.165, 1.54) is 12.1 Å². The summed E-state index contributed by atoms with van der Waals surface area (Å²) in [6, 6.07) is 3.72. The molecular formula is C15H19N5O5. The van der Waals surface area contributed by atoms with Gasteiger partial charge in [0, 0.05) is 12.3 Å². The van der Waals surface area contributed by atoms with Crippen molar-refractivity contribution in [2.45, 2.75) is 20.4 Å². The van der Waals surface area contributed by atoms with E-state index in [9.17, 15) is 14.9 Å². The first-order valence-electron chi connectivity index (χ1n) is 7.66. The van der Waals surface area contributed by atoms with Crippen LogP contribution in [-0.2, 0) is 6.54 Å². The van der Waals surface area contributed by atoms with Crippen LogP contribution in [0, 0.1) is 10.1 Å². The molecule has 0 radical (unpaired) electrons. The standard InChI is InChI=1S/C15H19N5O5/c1-3-24-13-7-11(12(20(22)23)8-14(13)25-4-2)18-15(21)16-9-10-5-6-17-19-10/h5-8H,3-4,9H2,1-2H3,(H,17,19)(H2,16,18,21). The predicted octanol–water partition coefficient (Wildman–Crippen LogP) is 2.44. The molecule has 0 saturated carbocycles. The summed E-state index contributed by atoms with van der Waals surface area (Å²) in [5.41, 5.74) is 0.425. The fraction of sp³-hybridized carbons (Fsp3) is 0.333. The second-order valence-electron chi connectivity index (χ2n) is 4.83. The Kier molecular flexibility index (Phi) is 6.15. The average molecular weight is 349 g/mol. The monoisotopic (exact) mass is 349 g/mol. The van der Waals surface area contributed by atoms with Gasteiger partial charge in [0.2, 0.25) is 0 Å². The molecule has 2 rings (SSSR count). The maximum Gasteiger partial charge on any atom is 0.319 e. The van der Waals surface area contributed by atoms with Crippen molar-refractivity contribution in [3.05, 3.63) is 40.2 Å². The molecule has 0 fully saturated rings. The summed E-state index contributed by atoms with van der Waals surface area (Å²) in [4.78, 5) is 22.7. The zero-order valence-corrected chi connectivity index (χ0v) is 13.9. The lowest BCUT2D eigenvalue weighted by Crippen LogP contribution is -2.28. The van der Waals surface area contributed by atoms with E-state index in [0.29, 0.717) is 24.7 Å². The lowest BCUT2D eigenvalue weighted by atomic mass is 10.2. The van der Waals surface area contributed by atoms with E-state index in [4.69, 9.17) is 9.47 Å². The summed E-state index contributed by atoms with van der Waals surface area (Å²) < 4.78 is 10.8. The summed E-state index contributed by atoms with van der Waals surface area (Å²) >= 11 is 0. The van der Waals surface area contributed by atoms with Crippen LogP contribution in [0.1, 0.15) is 19.5 Å². The largest absolute Gasteiger partial charge is 0.490 e. The predicted molar refractivity (Wildman–Crippen MR) is 89.9 cm³/mol. The SMILES string of the molecule is CCOc1cc(NC(=O)NCc2ccn[nH]2)c([N+](=O)[O-])cc1OCC. The first-order chi connectivity index (χ1) is 12.0. The van der Waals surface area contributed by atoms with Crippen molar-refractivity contribution < 1.29 is 19.2 Å². The van der Waals surface area contributed by atoms with Crippen LogP contribution in [0.5, 0.6) is 11.5 Å². The van der Waals surface area contributed by atoms with E-state index in [1.807, 2.05) is 0 Å². The summed E-state index contributed by atoms with van der Waals surface area (Å²) in [5.74, 6) is 0.568. The Morgan fingerprint density at radius 3 is 2.52 bits per heavy atom. The molecule has 0 spiro atoms. The Balaban J connectivity index is 2.20. The Morgan fingerprint density at radius 2 is 1.96 bits per heavy atom. The van der Waals surface area contributed by atoms with Crippen LogP contribution in [0.2, 0.25) is 0 Å². The highest BCUT2D eigenvalue weighted by molar-refractivity contribution is 5.92. The minimum absolute atomic E-state index is 0.0130. The van der Waals surface area contributed by atoms with Gasteiger partial charge in [-0.3, -0.25) is 15.2 Å². The van der Waals surface area contributed by atoms with E-state index < -0.39 is 11.0 Å². The topological polar surface area (TPSA) is 131 Å². The number of amides is 2. The van der Waals surface area contributed by atoms with Gasteiger partial charge in [-0.2, -0.15) is 5.10 Å². The lowest BCUT2D eigenvalue weighted by molar-refractivity contribution is -0.384. The number of nitro benzene ring substituents is 1. The van der Waals surface area contributed by atoms with Crippen LogP contribution < -0.4 is 20.1 Å². The van der Waals surface area contributed by atoms with Crippen LogP contribution in [0.4, 0.5) is 16.2 Å². The van der Waals surface area contributed by atoms with Gasteiger partial charge in [-0.25, -0.2) is 4.79 Å². The van der Waals surface area contributed by atoms with Gasteiger partial charge >= 0.3 is 6.03 Å². The molecule has 0 unspecified atom stereocenters. The molecular weight excluding hydrogens is 330 g/mol. The number of aromatic nitrogens is 2. The minimum atomic E-state index is -0.594. The number of hydrogen-bond donors (Lipinski definition) is 3. The number of urea groups is 1. The van der Waals surface area contributed by atoms with Gasteiger partial charge in [0.25, 0.3) is 5.69 Å². The van der Waals surface area contributed by atoms with Crippen molar-refractivity contribution in [3.8, 4) is 11.5 Å². The van der Waals surface area contributed by atoms with Gasteiger partial charge < -0.3 is 20.1 Å². The van der Waals surface area contributed by atoms with Gasteiger partial charge in [0.05, 0.1) is 36.4 Å². The number of nitrogens with one attached hydrogen (secondary N) is 3. The van der Waals surface area contributed by atoms with Gasteiger partial charge in [-0.05, 0) is 19.9 Å². The van der Waals surface area contributed by atoms with Crippen LogP contribution >= 0.6 is 0 Å². The van der Waals surface area contributed by atoms with E-state index in [1.54, 1.807) is 26.1 Å². The van der Waals surface area contributed by atoms with Crippen molar-refractivity contribution in [2.24, 2.45) is 0 Å². The lowest BCUT2D eigenvalue weighted by Gasteiger charge is -2.13. The van der Waals surface area contributed by atoms with Crippen LogP contribution in [-0.4, -0.2) is 34.4 Å². The number of aromatic amines is 1. The molecule has 1 aromatic heterocycles. The molecule has 3 N–H and O–H groups in total. The maximum absolute atomic E-state index is 12.0. The van der Waals surface area contributed by atoms with E-state index in [2.05, 4.69) is 20.8 Å². The van der Waals surface area contributed by atoms with E-state index >= 15 is 0 Å². The maximum atomic E-state index is 12.0. The quantitative estimate of drug-likeness (QED) is 0.495. The third-order valence-corrected chi connectivity index (χ3v) is 3.10. The Bertz CT molecular complexity index is 732. The molecule has 2 aromatic rings. The van der Waals surface area contributed by atoms with Crippen molar-refractivity contribution in [3.63, 3.8) is 0 Å². The number of hydrogen-bond acceptors (Lipinski definition) is 6. The molecule has 0 aliphatic heterocycles. The number of rotatable bonds is 8. The number of carbonyl (C=O) groups is 1. The van der Waals surface area contributed by atoms with Crippen LogP contribution in [0.3, 0.4) is 0 Å². The number of nitro groups is 1. The van der Waals surface area contributed by atoms with Crippen molar-refractivity contribution >= 4 is 17.4 Å². The molecule has 0 aliphatic rings. The molecule has 134 valence electrons. The molecule has 10 heteroatoms. The summed E-state index contributed by atoms with van der Waals surface area (Å²) in [5, 5.41) is 22.8. The molecule has 2 amide bonds. The molecule has 0 saturated heterocycles. The minimum Gasteiger partial charge on any atom is -0.490 e. The third-order valence-electron chi connectivity index (χ3n) is 3.10. The number of carbonyl (C=O) groups excluding carboxylic acids is 1. The molecule has 1 aromatic carbocycles. The van der Waals surface area contributed by atoms with Gasteiger partial charge in [0.15, 0.2) is 11.5 Å². The molecule has 1 heterocycles. The number of nitrogens with zero attached hydrogens (tertiary/aromatic N) is 2. The van der Waals surface area contributed by atoms with Crippen molar-refractivity contribution in [1.82, 2.24) is 15.5 Å². The van der Waals surface area contributed by atoms with Gasteiger partial charge in [0.1, 0.15) is 5.69 Å². The summed E-state index contributed by atoms with van der Waals surface area (Å²) in [6.45, 7) is 4.42. The van der Waals surface area contributed by atoms with Gasteiger partial charge in [-0.1, -0.05) is 0 Å². The van der Waals surface area contributed by atoms with Crippen LogP contribution in [0.15, 0.2) is 24.4 Å². The highest BCUT2D eigenvalue weighted by Crippen LogP contribution is 2.38. The van der Waals surface area contributed by atoms with Gasteiger partial charge in [-0.15, -0.1) is 0 Å². The summed E-state index contributed by atoms with van der Waals surface area (Å²) in [7, 11) is 0. The van der Waals surface area contributed by atoms with E-state index in [0.717, 1.165) is 0 Å². The number of H-pyrrole nitrogens is 1. The number of anilines is 1. The third kappa shape index (κ3) is 4.83. The normalized spacial score (nSPS) is 10.2. The van der Waals surface area contributed by atoms with Crippen molar-refractivity contribution in [2.75, 3.05) is 18.5 Å². The highest BCUT2D eigenvalue weighted by atomic mass is 16.6. The molecule has 10 nitrogen and oxygen atoms in total. The number of ether oxygens (including phenoxy) is 2. The zero-order chi connectivity index (χ0) is 18.2. The molecule has 0 atom stereocenters. The number of benzene rings is 1. The summed E-state index contributed by atoms with van der Waals surface area (Å²) in [6.07, 6.45) is 1.56. The highest BCUT2D eigenvalue weighted by Gasteiger charge is 2.21. The Hall–Kier alpha value is -3.30. The first-order valence-corrected chi connectivity index (χ1v) is 7.66. The Morgan fingerprint density at radius 1 is 1.28 bits per heavy atom.